The number of fused-ring (bicyclic) bond motifs is 2. The molecule has 2 amide bonds. The Morgan fingerprint density at radius 1 is 1.10 bits per heavy atom. The molecule has 0 spiro atoms. The topological polar surface area (TPSA) is 49.9 Å². The van der Waals surface area contributed by atoms with Crippen LogP contribution in [0.15, 0.2) is 30.3 Å². The minimum absolute atomic E-state index is 0.109. The Hall–Kier alpha value is -2.04. The second kappa shape index (κ2) is 7.03. The first kappa shape index (κ1) is 20.2. The van der Waals surface area contributed by atoms with Crippen molar-refractivity contribution in [2.24, 2.45) is 10.8 Å². The van der Waals surface area contributed by atoms with Crippen LogP contribution < -0.4 is 0 Å². The van der Waals surface area contributed by atoms with Gasteiger partial charge in [-0.05, 0) is 55.4 Å². The monoisotopic (exact) mass is 398 g/mol. The van der Waals surface area contributed by atoms with Crippen LogP contribution in [0.4, 0.5) is 4.79 Å². The van der Waals surface area contributed by atoms with Gasteiger partial charge in [-0.25, -0.2) is 4.79 Å². The van der Waals surface area contributed by atoms with Crippen LogP contribution in [0.3, 0.4) is 0 Å². The van der Waals surface area contributed by atoms with Gasteiger partial charge in [0.15, 0.2) is 0 Å². The van der Waals surface area contributed by atoms with E-state index in [1.807, 2.05) is 37.3 Å². The number of nitrogens with zero attached hydrogens (tertiary/aromatic N) is 2. The summed E-state index contributed by atoms with van der Waals surface area (Å²) in [5, 5.41) is 0. The number of ether oxygens (including phenoxy) is 1. The molecule has 1 aliphatic carbocycles. The largest absolute Gasteiger partial charge is 0.445 e. The lowest BCUT2D eigenvalue weighted by Crippen LogP contribution is -2.57. The van der Waals surface area contributed by atoms with Gasteiger partial charge in [-0.1, -0.05) is 51.1 Å². The molecule has 3 unspecified atom stereocenters. The third-order valence-electron chi connectivity index (χ3n) is 7.20. The van der Waals surface area contributed by atoms with Crippen molar-refractivity contribution >= 4 is 12.0 Å². The van der Waals surface area contributed by atoms with E-state index >= 15 is 0 Å². The molecule has 1 aromatic carbocycles. The molecule has 5 heteroatoms. The van der Waals surface area contributed by atoms with Crippen LogP contribution in [0, 0.1) is 10.8 Å². The molecule has 3 atom stereocenters. The van der Waals surface area contributed by atoms with E-state index < -0.39 is 5.54 Å². The van der Waals surface area contributed by atoms with Crippen molar-refractivity contribution in [1.82, 2.24) is 9.80 Å². The quantitative estimate of drug-likeness (QED) is 0.747. The van der Waals surface area contributed by atoms with Crippen LogP contribution in [0.5, 0.6) is 0 Å². The van der Waals surface area contributed by atoms with Crippen molar-refractivity contribution in [3.05, 3.63) is 35.9 Å². The van der Waals surface area contributed by atoms with E-state index in [9.17, 15) is 9.59 Å². The molecule has 158 valence electrons. The van der Waals surface area contributed by atoms with Gasteiger partial charge in [-0.2, -0.15) is 0 Å². The highest BCUT2D eigenvalue weighted by Crippen LogP contribution is 2.53. The van der Waals surface area contributed by atoms with E-state index in [1.165, 1.54) is 0 Å². The maximum Gasteiger partial charge on any atom is 0.410 e. The Balaban J connectivity index is 1.48. The lowest BCUT2D eigenvalue weighted by Gasteiger charge is -2.41. The minimum Gasteiger partial charge on any atom is -0.445 e. The predicted molar refractivity (Wildman–Crippen MR) is 112 cm³/mol. The van der Waals surface area contributed by atoms with E-state index in [2.05, 4.69) is 25.7 Å². The molecule has 2 saturated heterocycles. The molecule has 3 fully saturated rings. The van der Waals surface area contributed by atoms with E-state index in [4.69, 9.17) is 4.74 Å². The highest BCUT2D eigenvalue weighted by Gasteiger charge is 2.56. The van der Waals surface area contributed by atoms with Crippen LogP contribution in [0.1, 0.15) is 65.4 Å². The molecule has 1 saturated carbocycles. The normalized spacial score (nSPS) is 33.0. The fourth-order valence-electron chi connectivity index (χ4n) is 6.28. The van der Waals surface area contributed by atoms with Crippen molar-refractivity contribution in [3.63, 3.8) is 0 Å². The molecular formula is C24H34N2O3. The van der Waals surface area contributed by atoms with Crippen LogP contribution >= 0.6 is 0 Å². The number of carbonyl (C=O) groups is 2. The van der Waals surface area contributed by atoms with Crippen LogP contribution in [0.2, 0.25) is 0 Å². The van der Waals surface area contributed by atoms with Crippen LogP contribution in [0.25, 0.3) is 0 Å². The summed E-state index contributed by atoms with van der Waals surface area (Å²) in [6.45, 7) is 10.5. The van der Waals surface area contributed by atoms with Crippen molar-refractivity contribution in [2.45, 2.75) is 78.0 Å². The van der Waals surface area contributed by atoms with E-state index in [0.29, 0.717) is 13.0 Å². The summed E-state index contributed by atoms with van der Waals surface area (Å²) in [7, 11) is 0. The van der Waals surface area contributed by atoms with Crippen molar-refractivity contribution in [2.75, 3.05) is 13.1 Å². The summed E-state index contributed by atoms with van der Waals surface area (Å²) >= 11 is 0. The fourth-order valence-corrected chi connectivity index (χ4v) is 6.28. The van der Waals surface area contributed by atoms with Gasteiger partial charge in [-0.3, -0.25) is 9.69 Å². The summed E-state index contributed by atoms with van der Waals surface area (Å²) in [4.78, 5) is 30.4. The number of likely N-dealkylation sites (tertiary alicyclic amines) is 2. The highest BCUT2D eigenvalue weighted by atomic mass is 16.6. The van der Waals surface area contributed by atoms with Gasteiger partial charge in [0.2, 0.25) is 5.91 Å². The second-order valence-corrected chi connectivity index (χ2v) is 10.7. The Kier molecular flexibility index (Phi) is 4.91. The third-order valence-corrected chi connectivity index (χ3v) is 7.20. The summed E-state index contributed by atoms with van der Waals surface area (Å²) in [5.41, 5.74) is 0.607. The van der Waals surface area contributed by atoms with Gasteiger partial charge >= 0.3 is 6.09 Å². The first-order valence-corrected chi connectivity index (χ1v) is 10.9. The van der Waals surface area contributed by atoms with Crippen LogP contribution in [-0.4, -0.2) is 46.5 Å². The number of amides is 2. The zero-order valence-electron chi connectivity index (χ0n) is 18.2. The molecular weight excluding hydrogens is 364 g/mol. The summed E-state index contributed by atoms with van der Waals surface area (Å²) < 4.78 is 5.58. The molecule has 2 aliphatic heterocycles. The zero-order chi connectivity index (χ0) is 20.9. The maximum atomic E-state index is 13.7. The summed E-state index contributed by atoms with van der Waals surface area (Å²) in [6, 6.07) is 9.97. The van der Waals surface area contributed by atoms with Gasteiger partial charge in [0.1, 0.15) is 12.1 Å². The Morgan fingerprint density at radius 3 is 2.55 bits per heavy atom. The van der Waals surface area contributed by atoms with E-state index in [1.54, 1.807) is 4.90 Å². The predicted octanol–water partition coefficient (Wildman–Crippen LogP) is 4.60. The number of hydrogen-bond donors (Lipinski definition) is 0. The molecule has 0 N–H and O–H groups in total. The second-order valence-electron chi connectivity index (χ2n) is 10.7. The molecule has 5 nitrogen and oxygen atoms in total. The summed E-state index contributed by atoms with van der Waals surface area (Å²) in [6.07, 6.45) is 4.44. The molecule has 1 aromatic rings. The van der Waals surface area contributed by atoms with Crippen molar-refractivity contribution in [3.8, 4) is 0 Å². The molecule has 4 rings (SSSR count). The first-order chi connectivity index (χ1) is 13.6. The third kappa shape index (κ3) is 3.76. The Morgan fingerprint density at radius 2 is 1.83 bits per heavy atom. The average molecular weight is 399 g/mol. The smallest absolute Gasteiger partial charge is 0.410 e. The molecule has 3 aliphatic rings. The van der Waals surface area contributed by atoms with Gasteiger partial charge in [0.25, 0.3) is 0 Å². The maximum absolute atomic E-state index is 13.7. The first-order valence-electron chi connectivity index (χ1n) is 10.9. The number of hydrogen-bond acceptors (Lipinski definition) is 3. The number of rotatable bonds is 3. The van der Waals surface area contributed by atoms with Crippen molar-refractivity contribution < 1.29 is 14.3 Å². The molecule has 0 radical (unpaired) electrons. The van der Waals surface area contributed by atoms with Crippen LogP contribution in [-0.2, 0) is 16.1 Å². The van der Waals surface area contributed by atoms with Gasteiger partial charge < -0.3 is 9.64 Å². The van der Waals surface area contributed by atoms with Gasteiger partial charge in [-0.15, -0.1) is 0 Å². The lowest BCUT2D eigenvalue weighted by atomic mass is 9.65. The van der Waals surface area contributed by atoms with E-state index in [-0.39, 0.29) is 35.5 Å². The Labute approximate surface area is 174 Å². The minimum atomic E-state index is -0.800. The molecule has 0 aromatic heterocycles. The number of benzene rings is 1. The highest BCUT2D eigenvalue weighted by molar-refractivity contribution is 5.90. The summed E-state index contributed by atoms with van der Waals surface area (Å²) in [5.74, 6) is 0.109. The lowest BCUT2D eigenvalue weighted by molar-refractivity contribution is -0.142. The van der Waals surface area contributed by atoms with Crippen molar-refractivity contribution in [1.29, 1.82) is 0 Å². The fraction of sp³-hybridized carbons (Fsp3) is 0.667. The number of carbonyl (C=O) groups excluding carboxylic acids is 2. The SMILES string of the molecule is CC1(C)CC2CC(C)(CN2C(=O)C2(C)CCCN2C(=O)OCc2ccccc2)C1. The molecule has 2 heterocycles. The Bertz CT molecular complexity index is 793. The molecule has 2 bridgehead atoms. The molecule has 29 heavy (non-hydrogen) atoms. The van der Waals surface area contributed by atoms with E-state index in [0.717, 1.165) is 37.8 Å². The van der Waals surface area contributed by atoms with Gasteiger partial charge in [0.05, 0.1) is 0 Å². The van der Waals surface area contributed by atoms with Gasteiger partial charge in [0, 0.05) is 19.1 Å². The standard InChI is InChI=1S/C24H34N2O3/c1-22(2)13-19-14-23(3,16-22)17-25(19)20(27)24(4)11-8-12-26(24)21(28)29-15-18-9-6-5-7-10-18/h5-7,9-10,19H,8,11-17H2,1-4H3. The average Bonchev–Trinajstić information content (AvgIpc) is 3.17. The zero-order valence-corrected chi connectivity index (χ0v) is 18.2.